The molecule has 19 heavy (non-hydrogen) atoms. The van der Waals surface area contributed by atoms with E-state index in [1.54, 1.807) is 0 Å². The number of rotatable bonds is 4. The lowest BCUT2D eigenvalue weighted by Crippen LogP contribution is -2.40. The predicted molar refractivity (Wildman–Crippen MR) is 83.0 cm³/mol. The second-order valence-corrected chi connectivity index (χ2v) is 6.71. The number of hydrogen-bond donors (Lipinski definition) is 2. The molecule has 1 unspecified atom stereocenters. The van der Waals surface area contributed by atoms with Gasteiger partial charge in [0.05, 0.1) is 0 Å². The Morgan fingerprint density at radius 2 is 1.84 bits per heavy atom. The van der Waals surface area contributed by atoms with Gasteiger partial charge in [0, 0.05) is 24.5 Å². The Balaban J connectivity index is 2.11. The van der Waals surface area contributed by atoms with E-state index in [9.17, 15) is 0 Å². The molecule has 0 aliphatic carbocycles. The summed E-state index contributed by atoms with van der Waals surface area (Å²) in [5, 5.41) is 7.13. The van der Waals surface area contributed by atoms with Crippen molar-refractivity contribution >= 4 is 0 Å². The number of aryl methyl sites for hydroxylation is 3. The minimum atomic E-state index is 0.186. The molecule has 1 saturated heterocycles. The van der Waals surface area contributed by atoms with Crippen LogP contribution in [0.1, 0.15) is 42.5 Å². The standard InChI is InChI=1S/C17H28N2/c1-12-8-14(3)16(9-13(12)2)17(4,5)11-19-15-6-7-18-10-15/h8-9,15,18-19H,6-7,10-11H2,1-5H3. The van der Waals surface area contributed by atoms with Crippen LogP contribution in [0.25, 0.3) is 0 Å². The Kier molecular flexibility index (Phi) is 4.32. The summed E-state index contributed by atoms with van der Waals surface area (Å²) in [5.74, 6) is 0. The van der Waals surface area contributed by atoms with E-state index < -0.39 is 0 Å². The van der Waals surface area contributed by atoms with Crippen molar-refractivity contribution in [2.75, 3.05) is 19.6 Å². The second-order valence-electron chi connectivity index (χ2n) is 6.71. The topological polar surface area (TPSA) is 24.1 Å². The molecule has 0 aromatic heterocycles. The first-order valence-corrected chi connectivity index (χ1v) is 7.42. The minimum absolute atomic E-state index is 0.186. The highest BCUT2D eigenvalue weighted by Crippen LogP contribution is 2.28. The summed E-state index contributed by atoms with van der Waals surface area (Å²) >= 11 is 0. The second kappa shape index (κ2) is 5.64. The van der Waals surface area contributed by atoms with Crippen molar-refractivity contribution in [2.45, 2.75) is 52.5 Å². The van der Waals surface area contributed by atoms with Gasteiger partial charge in [0.15, 0.2) is 0 Å². The minimum Gasteiger partial charge on any atom is -0.315 e. The van der Waals surface area contributed by atoms with Crippen LogP contribution in [0.4, 0.5) is 0 Å². The van der Waals surface area contributed by atoms with Crippen LogP contribution in [0.15, 0.2) is 12.1 Å². The summed E-state index contributed by atoms with van der Waals surface area (Å²) in [5.41, 5.74) is 5.88. The van der Waals surface area contributed by atoms with E-state index in [-0.39, 0.29) is 5.41 Å². The van der Waals surface area contributed by atoms with Crippen LogP contribution in [0.5, 0.6) is 0 Å². The van der Waals surface area contributed by atoms with E-state index in [1.165, 1.54) is 28.7 Å². The molecule has 1 heterocycles. The van der Waals surface area contributed by atoms with Gasteiger partial charge in [0.1, 0.15) is 0 Å². The van der Waals surface area contributed by atoms with Crippen LogP contribution in [-0.2, 0) is 5.41 Å². The highest BCUT2D eigenvalue weighted by atomic mass is 15.0. The summed E-state index contributed by atoms with van der Waals surface area (Å²) in [4.78, 5) is 0. The first-order valence-electron chi connectivity index (χ1n) is 7.42. The van der Waals surface area contributed by atoms with Gasteiger partial charge in [-0.05, 0) is 56.0 Å². The molecule has 106 valence electrons. The molecule has 0 amide bonds. The SMILES string of the molecule is Cc1cc(C)c(C(C)(C)CNC2CCNC2)cc1C. The van der Waals surface area contributed by atoms with Gasteiger partial charge in [-0.1, -0.05) is 26.0 Å². The highest BCUT2D eigenvalue weighted by molar-refractivity contribution is 5.40. The zero-order valence-electron chi connectivity index (χ0n) is 13.1. The Bertz CT molecular complexity index is 443. The maximum atomic E-state index is 3.72. The molecule has 0 saturated carbocycles. The fraction of sp³-hybridized carbons (Fsp3) is 0.647. The molecule has 0 radical (unpaired) electrons. The summed E-state index contributed by atoms with van der Waals surface area (Å²) < 4.78 is 0. The molecule has 2 N–H and O–H groups in total. The third-order valence-electron chi connectivity index (χ3n) is 4.46. The molecule has 1 aliphatic heterocycles. The Labute approximate surface area is 118 Å². The van der Waals surface area contributed by atoms with Crippen molar-refractivity contribution < 1.29 is 0 Å². The summed E-state index contributed by atoms with van der Waals surface area (Å²) in [6, 6.07) is 5.34. The zero-order valence-corrected chi connectivity index (χ0v) is 13.1. The fourth-order valence-corrected chi connectivity index (χ4v) is 3.01. The molecule has 2 heteroatoms. The zero-order chi connectivity index (χ0) is 14.0. The van der Waals surface area contributed by atoms with Crippen LogP contribution >= 0.6 is 0 Å². The number of nitrogens with one attached hydrogen (secondary N) is 2. The molecule has 0 bridgehead atoms. The van der Waals surface area contributed by atoms with E-state index in [4.69, 9.17) is 0 Å². The van der Waals surface area contributed by atoms with E-state index in [0.29, 0.717) is 6.04 Å². The molecule has 1 fully saturated rings. The number of hydrogen-bond acceptors (Lipinski definition) is 2. The van der Waals surface area contributed by atoms with Gasteiger partial charge < -0.3 is 10.6 Å². The quantitative estimate of drug-likeness (QED) is 0.870. The fourth-order valence-electron chi connectivity index (χ4n) is 3.01. The first-order chi connectivity index (χ1) is 8.90. The van der Waals surface area contributed by atoms with Gasteiger partial charge in [-0.3, -0.25) is 0 Å². The average molecular weight is 260 g/mol. The molecule has 1 aromatic rings. The van der Waals surface area contributed by atoms with Crippen molar-refractivity contribution in [1.82, 2.24) is 10.6 Å². The molecule has 1 aromatic carbocycles. The highest BCUT2D eigenvalue weighted by Gasteiger charge is 2.25. The molecule has 2 rings (SSSR count). The van der Waals surface area contributed by atoms with Gasteiger partial charge in [0.2, 0.25) is 0 Å². The van der Waals surface area contributed by atoms with Gasteiger partial charge >= 0.3 is 0 Å². The lowest BCUT2D eigenvalue weighted by Gasteiger charge is -2.30. The predicted octanol–water partition coefficient (Wildman–Crippen LogP) is 2.84. The molecule has 1 aliphatic rings. The molecule has 1 atom stereocenters. The lowest BCUT2D eigenvalue weighted by molar-refractivity contribution is 0.427. The maximum Gasteiger partial charge on any atom is 0.0204 e. The third kappa shape index (κ3) is 3.37. The van der Waals surface area contributed by atoms with Crippen molar-refractivity contribution in [2.24, 2.45) is 0 Å². The summed E-state index contributed by atoms with van der Waals surface area (Å²) in [7, 11) is 0. The molecule has 2 nitrogen and oxygen atoms in total. The van der Waals surface area contributed by atoms with E-state index in [1.807, 2.05) is 0 Å². The Hall–Kier alpha value is -0.860. The van der Waals surface area contributed by atoms with Crippen molar-refractivity contribution in [3.63, 3.8) is 0 Å². The van der Waals surface area contributed by atoms with E-state index in [2.05, 4.69) is 57.4 Å². The third-order valence-corrected chi connectivity index (χ3v) is 4.46. The first kappa shape index (κ1) is 14.5. The van der Waals surface area contributed by atoms with Crippen LogP contribution in [0, 0.1) is 20.8 Å². The van der Waals surface area contributed by atoms with Crippen LogP contribution in [0.3, 0.4) is 0 Å². The smallest absolute Gasteiger partial charge is 0.0204 e. The van der Waals surface area contributed by atoms with Crippen LogP contribution < -0.4 is 10.6 Å². The molecular weight excluding hydrogens is 232 g/mol. The monoisotopic (exact) mass is 260 g/mol. The lowest BCUT2D eigenvalue weighted by atomic mass is 9.80. The number of benzene rings is 1. The normalized spacial score (nSPS) is 19.9. The van der Waals surface area contributed by atoms with Crippen LogP contribution in [-0.4, -0.2) is 25.7 Å². The molecular formula is C17H28N2. The summed E-state index contributed by atoms with van der Waals surface area (Å²) in [6.45, 7) is 14.6. The van der Waals surface area contributed by atoms with Gasteiger partial charge in [-0.25, -0.2) is 0 Å². The Morgan fingerprint density at radius 3 is 2.47 bits per heavy atom. The Morgan fingerprint density at radius 1 is 1.16 bits per heavy atom. The van der Waals surface area contributed by atoms with Gasteiger partial charge in [-0.15, -0.1) is 0 Å². The van der Waals surface area contributed by atoms with Crippen molar-refractivity contribution in [3.05, 3.63) is 34.4 Å². The molecule has 0 spiro atoms. The average Bonchev–Trinajstić information content (AvgIpc) is 2.84. The van der Waals surface area contributed by atoms with Crippen LogP contribution in [0.2, 0.25) is 0 Å². The maximum absolute atomic E-state index is 3.72. The van der Waals surface area contributed by atoms with E-state index in [0.717, 1.165) is 19.6 Å². The largest absolute Gasteiger partial charge is 0.315 e. The van der Waals surface area contributed by atoms with Crippen molar-refractivity contribution in [3.8, 4) is 0 Å². The van der Waals surface area contributed by atoms with E-state index >= 15 is 0 Å². The van der Waals surface area contributed by atoms with Gasteiger partial charge in [-0.2, -0.15) is 0 Å². The summed E-state index contributed by atoms with van der Waals surface area (Å²) in [6.07, 6.45) is 1.25. The van der Waals surface area contributed by atoms with Crippen molar-refractivity contribution in [1.29, 1.82) is 0 Å². The van der Waals surface area contributed by atoms with Gasteiger partial charge in [0.25, 0.3) is 0 Å².